The van der Waals surface area contributed by atoms with Gasteiger partial charge >= 0.3 is 6.09 Å². The summed E-state index contributed by atoms with van der Waals surface area (Å²) in [5.41, 5.74) is 1.61. The number of carbonyl (C=O) groups is 1. The number of nitrogens with zero attached hydrogens (tertiary/aromatic N) is 4. The van der Waals surface area contributed by atoms with Crippen LogP contribution in [0.2, 0.25) is 0 Å². The lowest BCUT2D eigenvalue weighted by molar-refractivity contribution is -0.0409. The lowest BCUT2D eigenvalue weighted by Gasteiger charge is -2.38. The molecule has 1 unspecified atom stereocenters. The molecule has 0 radical (unpaired) electrons. The topological polar surface area (TPSA) is 169 Å². The molecule has 1 saturated carbocycles. The normalized spacial score (nSPS) is 20.8. The van der Waals surface area contributed by atoms with Gasteiger partial charge in [0.1, 0.15) is 29.0 Å². The number of aromatic nitrogens is 3. The van der Waals surface area contributed by atoms with Crippen molar-refractivity contribution in [1.29, 1.82) is 0 Å². The Hall–Kier alpha value is -4.77. The summed E-state index contributed by atoms with van der Waals surface area (Å²) in [6, 6.07) is 7.49. The van der Waals surface area contributed by atoms with Crippen molar-refractivity contribution in [2.45, 2.75) is 101 Å². The minimum absolute atomic E-state index is 0.0159. The molecule has 0 bridgehead atoms. The number of hydrogen-bond donors (Lipinski definition) is 2. The lowest BCUT2D eigenvalue weighted by atomic mass is 9.94. The van der Waals surface area contributed by atoms with Gasteiger partial charge in [-0.15, -0.1) is 0 Å². The number of alkyl halides is 1. The summed E-state index contributed by atoms with van der Waals surface area (Å²) >= 11 is 0. The number of benzene rings is 2. The summed E-state index contributed by atoms with van der Waals surface area (Å²) in [6.07, 6.45) is 3.49. The summed E-state index contributed by atoms with van der Waals surface area (Å²) in [7, 11) is -0.320. The number of amides is 1. The summed E-state index contributed by atoms with van der Waals surface area (Å²) in [5.74, 6) is 1.21. The minimum atomic E-state index is -4.45. The Labute approximate surface area is 313 Å². The van der Waals surface area contributed by atoms with E-state index in [4.69, 9.17) is 33.3 Å². The van der Waals surface area contributed by atoms with Gasteiger partial charge in [0.05, 0.1) is 38.4 Å². The van der Waals surface area contributed by atoms with Gasteiger partial charge in [0.2, 0.25) is 0 Å². The fourth-order valence-electron chi connectivity index (χ4n) is 7.06. The second-order valence-corrected chi connectivity index (χ2v) is 16.5. The number of piperidine rings is 1. The van der Waals surface area contributed by atoms with E-state index in [1.165, 1.54) is 38.4 Å². The van der Waals surface area contributed by atoms with Crippen molar-refractivity contribution >= 4 is 44.4 Å². The van der Waals surface area contributed by atoms with E-state index in [0.29, 0.717) is 40.7 Å². The number of halogens is 1. The molecule has 1 aliphatic carbocycles. The Kier molecular flexibility index (Phi) is 10.3. The monoisotopic (exact) mass is 770 g/mol. The number of carbonyl (C=O) groups excluding carboxylic acids is 1. The highest BCUT2D eigenvalue weighted by Gasteiger charge is 2.38. The van der Waals surface area contributed by atoms with Crippen LogP contribution in [0.25, 0.3) is 11.0 Å². The Morgan fingerprint density at radius 3 is 2.31 bits per heavy atom. The smallest absolute Gasteiger partial charge is 0.410 e. The predicted molar refractivity (Wildman–Crippen MR) is 197 cm³/mol. The van der Waals surface area contributed by atoms with Crippen LogP contribution in [-0.2, 0) is 19.5 Å². The molecule has 2 N–H and O–H groups in total. The van der Waals surface area contributed by atoms with Crippen LogP contribution in [0.4, 0.5) is 26.5 Å². The largest absolute Gasteiger partial charge is 0.495 e. The quantitative estimate of drug-likeness (QED) is 0.154. The molecule has 2 saturated heterocycles. The van der Waals surface area contributed by atoms with Crippen LogP contribution in [0.15, 0.2) is 39.8 Å². The first-order valence-electron chi connectivity index (χ1n) is 18.2. The molecule has 54 heavy (non-hydrogen) atoms. The average Bonchev–Trinajstić information content (AvgIpc) is 3.80. The van der Waals surface area contributed by atoms with Crippen molar-refractivity contribution in [2.24, 2.45) is 0 Å². The van der Waals surface area contributed by atoms with E-state index in [9.17, 15) is 17.6 Å². The van der Waals surface area contributed by atoms with E-state index in [2.05, 4.69) is 15.2 Å². The van der Waals surface area contributed by atoms with Crippen LogP contribution in [0, 0.1) is 0 Å². The number of sulfonamides is 1. The highest BCUT2D eigenvalue weighted by atomic mass is 32.2. The number of fused-ring (bicyclic) bond motifs is 1. The third-order valence-electron chi connectivity index (χ3n) is 9.78. The Morgan fingerprint density at radius 2 is 1.69 bits per heavy atom. The van der Waals surface area contributed by atoms with Gasteiger partial charge in [-0.2, -0.15) is 5.10 Å². The molecule has 4 aromatic rings. The van der Waals surface area contributed by atoms with Crippen molar-refractivity contribution in [3.63, 3.8) is 0 Å². The molecule has 0 spiro atoms. The van der Waals surface area contributed by atoms with Gasteiger partial charge in [-0.1, -0.05) is 5.16 Å². The molecule has 3 fully saturated rings. The van der Waals surface area contributed by atoms with Crippen molar-refractivity contribution in [2.75, 3.05) is 44.5 Å². The van der Waals surface area contributed by atoms with Gasteiger partial charge in [-0.25, -0.2) is 22.3 Å². The van der Waals surface area contributed by atoms with Crippen LogP contribution in [0.1, 0.15) is 95.2 Å². The van der Waals surface area contributed by atoms with Gasteiger partial charge in [0.25, 0.3) is 10.0 Å². The summed E-state index contributed by atoms with van der Waals surface area (Å²) in [4.78, 5) is 14.3. The predicted octanol–water partition coefficient (Wildman–Crippen LogP) is 7.58. The van der Waals surface area contributed by atoms with Crippen LogP contribution in [0.5, 0.6) is 17.2 Å². The third-order valence-corrected chi connectivity index (χ3v) is 11.2. The van der Waals surface area contributed by atoms with E-state index < -0.39 is 33.9 Å². The number of rotatable bonds is 11. The van der Waals surface area contributed by atoms with Gasteiger partial charge in [0.15, 0.2) is 28.3 Å². The van der Waals surface area contributed by atoms with Crippen molar-refractivity contribution in [1.82, 2.24) is 19.8 Å². The maximum absolute atomic E-state index is 14.8. The van der Waals surface area contributed by atoms with Gasteiger partial charge in [-0.05, 0) is 83.1 Å². The van der Waals surface area contributed by atoms with Gasteiger partial charge in [-0.3, -0.25) is 4.72 Å². The third kappa shape index (κ3) is 7.74. The zero-order chi connectivity index (χ0) is 38.4. The van der Waals surface area contributed by atoms with Gasteiger partial charge < -0.3 is 38.4 Å². The molecule has 7 rings (SSSR count). The summed E-state index contributed by atoms with van der Waals surface area (Å²) < 4.78 is 81.6. The standard InChI is InChI=1S/C37H47FN6O9S/c1-37(2,3)52-36(45)43-13-12-23(38)17-26(43)22-15-30(49-5)34(31(16-22)50-6)54(46,47)42-35-24-18-29(48-4)25(19-28(24)53-41-35)39-32-20-27(21-10-11-21)44(40-32)33-9-7-8-14-51-33/h15-16,18-21,23,26,33H,7-14,17H2,1-6H3,(H,39,40)(H,41,42)/t23-,26-,33?/m1/s1. The average molecular weight is 771 g/mol. The van der Waals surface area contributed by atoms with E-state index in [1.807, 2.05) is 10.7 Å². The second-order valence-electron chi connectivity index (χ2n) is 14.9. The van der Waals surface area contributed by atoms with Crippen molar-refractivity contribution < 1.29 is 45.8 Å². The van der Waals surface area contributed by atoms with E-state index >= 15 is 0 Å². The van der Waals surface area contributed by atoms with Crippen LogP contribution < -0.4 is 24.2 Å². The first-order chi connectivity index (χ1) is 25.8. The number of ether oxygens (including phenoxy) is 5. The number of hydrogen-bond acceptors (Lipinski definition) is 12. The Morgan fingerprint density at radius 1 is 0.963 bits per heavy atom. The van der Waals surface area contributed by atoms with Crippen LogP contribution in [0.3, 0.4) is 0 Å². The van der Waals surface area contributed by atoms with E-state index in [-0.39, 0.29) is 53.4 Å². The summed E-state index contributed by atoms with van der Waals surface area (Å²) in [5, 5.41) is 12.6. The molecule has 4 heterocycles. The van der Waals surface area contributed by atoms with Crippen molar-refractivity contribution in [3.8, 4) is 17.2 Å². The van der Waals surface area contributed by atoms with Crippen LogP contribution in [-0.4, -0.2) is 80.6 Å². The van der Waals surface area contributed by atoms with E-state index in [1.54, 1.807) is 32.9 Å². The molecule has 2 aromatic carbocycles. The second kappa shape index (κ2) is 14.8. The minimum Gasteiger partial charge on any atom is -0.495 e. The number of nitrogens with one attached hydrogen (secondary N) is 2. The van der Waals surface area contributed by atoms with Gasteiger partial charge in [0, 0.05) is 43.3 Å². The zero-order valence-corrected chi connectivity index (χ0v) is 32.1. The fraction of sp³-hybridized carbons (Fsp3) is 0.541. The summed E-state index contributed by atoms with van der Waals surface area (Å²) in [6.45, 7) is 6.07. The molecule has 3 atom stereocenters. The Bertz CT molecular complexity index is 2100. The molecule has 17 heteroatoms. The molecule has 2 aliphatic heterocycles. The Balaban J connectivity index is 1.17. The highest BCUT2D eigenvalue weighted by Crippen LogP contribution is 2.45. The number of likely N-dealkylation sites (tertiary alicyclic amines) is 1. The molecule has 1 amide bonds. The maximum atomic E-state index is 14.8. The fourth-order valence-corrected chi connectivity index (χ4v) is 8.38. The van der Waals surface area contributed by atoms with E-state index in [0.717, 1.165) is 37.8 Å². The maximum Gasteiger partial charge on any atom is 0.410 e. The lowest BCUT2D eigenvalue weighted by Crippen LogP contribution is -2.44. The zero-order valence-electron chi connectivity index (χ0n) is 31.3. The SMILES string of the molecule is COc1cc2c(NS(=O)(=O)c3c(OC)cc([C@H]4C[C@H](F)CCN4C(=O)OC(C)(C)C)cc3OC)noc2cc1Nc1cc(C2CC2)n(C2CCCCO2)n1. The molecular formula is C37H47FN6O9S. The molecule has 3 aliphatic rings. The molecule has 2 aromatic heterocycles. The number of methoxy groups -OCH3 is 3. The number of anilines is 3. The highest BCUT2D eigenvalue weighted by molar-refractivity contribution is 7.93. The first-order valence-corrected chi connectivity index (χ1v) is 19.6. The molecule has 292 valence electrons. The molecular weight excluding hydrogens is 724 g/mol. The van der Waals surface area contributed by atoms with Crippen LogP contribution >= 0.6 is 0 Å². The molecule has 15 nitrogen and oxygen atoms in total. The van der Waals surface area contributed by atoms with Crippen molar-refractivity contribution in [3.05, 3.63) is 41.6 Å². The first kappa shape index (κ1) is 37.5.